The normalized spacial score (nSPS) is 16.1. The fourth-order valence-electron chi connectivity index (χ4n) is 2.16. The Morgan fingerprint density at radius 1 is 1.42 bits per heavy atom. The van der Waals surface area contributed by atoms with Gasteiger partial charge >= 0.3 is 5.97 Å². The summed E-state index contributed by atoms with van der Waals surface area (Å²) in [4.78, 5) is 10.7. The standard InChI is InChI=1S/C13H15FO4S/c1-8-11(14)5-10(13(15)16)6-12(8)19(17,18)7-9-3-2-4-9/h5-6,9H,2-4,7H2,1H3,(H,15,16). The number of carboxylic acid groups (broad SMARTS) is 1. The molecule has 1 aromatic carbocycles. The highest BCUT2D eigenvalue weighted by atomic mass is 32.2. The Labute approximate surface area is 111 Å². The van der Waals surface area contributed by atoms with Crippen molar-refractivity contribution in [2.75, 3.05) is 5.75 Å². The topological polar surface area (TPSA) is 71.4 Å². The SMILES string of the molecule is Cc1c(F)cc(C(=O)O)cc1S(=O)(=O)CC1CCC1. The zero-order chi connectivity index (χ0) is 14.2. The van der Waals surface area contributed by atoms with E-state index in [2.05, 4.69) is 0 Å². The molecule has 1 aliphatic carbocycles. The molecule has 104 valence electrons. The second-order valence-corrected chi connectivity index (χ2v) is 6.97. The van der Waals surface area contributed by atoms with Gasteiger partial charge in [0.2, 0.25) is 0 Å². The smallest absolute Gasteiger partial charge is 0.335 e. The largest absolute Gasteiger partial charge is 0.478 e. The number of hydrogen-bond donors (Lipinski definition) is 1. The van der Waals surface area contributed by atoms with Gasteiger partial charge in [-0.1, -0.05) is 6.42 Å². The quantitative estimate of drug-likeness (QED) is 0.922. The molecule has 1 fully saturated rings. The summed E-state index contributed by atoms with van der Waals surface area (Å²) < 4.78 is 38.1. The van der Waals surface area contributed by atoms with Crippen LogP contribution in [0.15, 0.2) is 17.0 Å². The molecule has 4 nitrogen and oxygen atoms in total. The molecule has 1 aromatic rings. The van der Waals surface area contributed by atoms with Crippen LogP contribution in [-0.4, -0.2) is 25.2 Å². The van der Waals surface area contributed by atoms with Gasteiger partial charge < -0.3 is 5.11 Å². The van der Waals surface area contributed by atoms with Crippen LogP contribution in [0, 0.1) is 18.7 Å². The molecule has 1 N–H and O–H groups in total. The highest BCUT2D eigenvalue weighted by Gasteiger charge is 2.28. The van der Waals surface area contributed by atoms with E-state index >= 15 is 0 Å². The predicted molar refractivity (Wildman–Crippen MR) is 67.5 cm³/mol. The molecule has 1 saturated carbocycles. The fraction of sp³-hybridized carbons (Fsp3) is 0.462. The first-order chi connectivity index (χ1) is 8.81. The van der Waals surface area contributed by atoms with Crippen LogP contribution in [0.25, 0.3) is 0 Å². The van der Waals surface area contributed by atoms with E-state index in [1.165, 1.54) is 6.92 Å². The van der Waals surface area contributed by atoms with Gasteiger partial charge in [-0.25, -0.2) is 17.6 Å². The lowest BCUT2D eigenvalue weighted by molar-refractivity contribution is 0.0696. The Morgan fingerprint density at radius 2 is 2.05 bits per heavy atom. The molecule has 6 heteroatoms. The Kier molecular flexibility index (Phi) is 3.62. The van der Waals surface area contributed by atoms with Crippen molar-refractivity contribution in [3.05, 3.63) is 29.1 Å². The molecule has 0 aliphatic heterocycles. The Hall–Kier alpha value is -1.43. The van der Waals surface area contributed by atoms with Gasteiger partial charge in [0.05, 0.1) is 16.2 Å². The van der Waals surface area contributed by atoms with Crippen LogP contribution < -0.4 is 0 Å². The molecule has 0 atom stereocenters. The molecule has 0 bridgehead atoms. The summed E-state index contributed by atoms with van der Waals surface area (Å²) in [5.74, 6) is -2.05. The lowest BCUT2D eigenvalue weighted by Crippen LogP contribution is -2.23. The van der Waals surface area contributed by atoms with Crippen molar-refractivity contribution in [1.82, 2.24) is 0 Å². The van der Waals surface area contributed by atoms with Crippen molar-refractivity contribution in [2.45, 2.75) is 31.1 Å². The van der Waals surface area contributed by atoms with Gasteiger partial charge in [-0.2, -0.15) is 0 Å². The highest BCUT2D eigenvalue weighted by molar-refractivity contribution is 7.91. The van der Waals surface area contributed by atoms with Gasteiger partial charge in [-0.05, 0) is 37.8 Å². The molecule has 0 radical (unpaired) electrons. The first kappa shape index (κ1) is 14.0. The third-order valence-electron chi connectivity index (χ3n) is 3.56. The summed E-state index contributed by atoms with van der Waals surface area (Å²) in [6.45, 7) is 1.36. The molecule has 2 rings (SSSR count). The van der Waals surface area contributed by atoms with E-state index < -0.39 is 21.6 Å². The zero-order valence-corrected chi connectivity index (χ0v) is 11.3. The van der Waals surface area contributed by atoms with Crippen LogP contribution in [-0.2, 0) is 9.84 Å². The maximum Gasteiger partial charge on any atom is 0.335 e. The van der Waals surface area contributed by atoms with Crippen molar-refractivity contribution in [1.29, 1.82) is 0 Å². The summed E-state index contributed by atoms with van der Waals surface area (Å²) in [7, 11) is -3.63. The predicted octanol–water partition coefficient (Wildman–Crippen LogP) is 2.41. The van der Waals surface area contributed by atoms with Gasteiger partial charge in [0.25, 0.3) is 0 Å². The van der Waals surface area contributed by atoms with E-state index in [-0.39, 0.29) is 27.7 Å². The number of carboxylic acids is 1. The molecule has 0 heterocycles. The molecule has 0 amide bonds. The zero-order valence-electron chi connectivity index (χ0n) is 10.5. The van der Waals surface area contributed by atoms with E-state index in [1.807, 2.05) is 0 Å². The maximum atomic E-state index is 13.6. The lowest BCUT2D eigenvalue weighted by atomic mass is 9.87. The van der Waals surface area contributed by atoms with E-state index in [4.69, 9.17) is 5.11 Å². The number of rotatable bonds is 4. The van der Waals surface area contributed by atoms with Crippen molar-refractivity contribution >= 4 is 15.8 Å². The van der Waals surface area contributed by atoms with Crippen LogP contribution >= 0.6 is 0 Å². The Morgan fingerprint density at radius 3 is 2.53 bits per heavy atom. The molecule has 1 aliphatic rings. The molecular weight excluding hydrogens is 271 g/mol. The van der Waals surface area contributed by atoms with Crippen LogP contribution in [0.1, 0.15) is 35.2 Å². The Balaban J connectivity index is 2.44. The number of benzene rings is 1. The molecule has 0 aromatic heterocycles. The van der Waals surface area contributed by atoms with Gasteiger partial charge in [0.1, 0.15) is 5.82 Å². The van der Waals surface area contributed by atoms with Crippen molar-refractivity contribution in [3.63, 3.8) is 0 Å². The third kappa shape index (κ3) is 2.78. The van der Waals surface area contributed by atoms with E-state index in [0.717, 1.165) is 31.4 Å². The number of carbonyl (C=O) groups is 1. The molecule has 0 saturated heterocycles. The summed E-state index contributed by atoms with van der Waals surface area (Å²) in [6.07, 6.45) is 2.74. The van der Waals surface area contributed by atoms with Gasteiger partial charge in [-0.15, -0.1) is 0 Å². The third-order valence-corrected chi connectivity index (χ3v) is 5.56. The van der Waals surface area contributed by atoms with Crippen molar-refractivity contribution in [2.24, 2.45) is 5.92 Å². The lowest BCUT2D eigenvalue weighted by Gasteiger charge is -2.25. The minimum Gasteiger partial charge on any atom is -0.478 e. The van der Waals surface area contributed by atoms with E-state index in [0.29, 0.717) is 0 Å². The highest BCUT2D eigenvalue weighted by Crippen LogP contribution is 2.31. The number of halogens is 1. The van der Waals surface area contributed by atoms with Gasteiger partial charge in [0.15, 0.2) is 9.84 Å². The molecule has 19 heavy (non-hydrogen) atoms. The van der Waals surface area contributed by atoms with E-state index in [9.17, 15) is 17.6 Å². The first-order valence-corrected chi connectivity index (χ1v) is 7.72. The van der Waals surface area contributed by atoms with Crippen molar-refractivity contribution < 1.29 is 22.7 Å². The van der Waals surface area contributed by atoms with Crippen LogP contribution in [0.5, 0.6) is 0 Å². The summed E-state index contributed by atoms with van der Waals surface area (Å²) in [5.41, 5.74) is -0.348. The fourth-order valence-corrected chi connectivity index (χ4v) is 4.16. The molecular formula is C13H15FO4S. The van der Waals surface area contributed by atoms with Gasteiger partial charge in [0, 0.05) is 5.56 Å². The van der Waals surface area contributed by atoms with Crippen LogP contribution in [0.3, 0.4) is 0 Å². The molecule has 0 spiro atoms. The van der Waals surface area contributed by atoms with Gasteiger partial charge in [-0.3, -0.25) is 0 Å². The second kappa shape index (κ2) is 4.92. The van der Waals surface area contributed by atoms with E-state index in [1.54, 1.807) is 0 Å². The number of sulfone groups is 1. The Bertz CT molecular complexity index is 618. The van der Waals surface area contributed by atoms with Crippen LogP contribution in [0.2, 0.25) is 0 Å². The number of aromatic carboxylic acids is 1. The second-order valence-electron chi connectivity index (χ2n) is 4.96. The number of hydrogen-bond acceptors (Lipinski definition) is 3. The maximum absolute atomic E-state index is 13.6. The molecule has 0 unspecified atom stereocenters. The van der Waals surface area contributed by atoms with Crippen molar-refractivity contribution in [3.8, 4) is 0 Å². The summed E-state index contributed by atoms with van der Waals surface area (Å²) in [5, 5.41) is 8.87. The monoisotopic (exact) mass is 286 g/mol. The van der Waals surface area contributed by atoms with Crippen LogP contribution in [0.4, 0.5) is 4.39 Å². The first-order valence-electron chi connectivity index (χ1n) is 6.07. The minimum atomic E-state index is -3.63. The summed E-state index contributed by atoms with van der Waals surface area (Å²) >= 11 is 0. The minimum absolute atomic E-state index is 0.00989. The average Bonchev–Trinajstić information content (AvgIpc) is 2.27. The summed E-state index contributed by atoms with van der Waals surface area (Å²) in [6, 6.07) is 1.90. The average molecular weight is 286 g/mol.